The van der Waals surface area contributed by atoms with Gasteiger partial charge in [0.25, 0.3) is 0 Å². The van der Waals surface area contributed by atoms with Gasteiger partial charge in [-0.25, -0.2) is 4.98 Å². The molecule has 0 aliphatic carbocycles. The Morgan fingerprint density at radius 1 is 1.36 bits per heavy atom. The number of aromatic nitrogens is 1. The van der Waals surface area contributed by atoms with Crippen LogP contribution in [0.15, 0.2) is 18.3 Å². The molecule has 7 heteroatoms. The molecule has 1 aromatic heterocycles. The van der Waals surface area contributed by atoms with Crippen LogP contribution in [0.25, 0.3) is 5.57 Å². The average Bonchev–Trinajstić information content (AvgIpc) is 2.45. The Bertz CT molecular complexity index is 601. The molecule has 2 atom stereocenters. The van der Waals surface area contributed by atoms with E-state index >= 15 is 0 Å². The maximum absolute atomic E-state index is 12.9. The second-order valence-corrected chi connectivity index (χ2v) is 5.60. The van der Waals surface area contributed by atoms with Crippen molar-refractivity contribution in [2.45, 2.75) is 24.7 Å². The lowest BCUT2D eigenvalue weighted by Crippen LogP contribution is -2.51. The lowest BCUT2D eigenvalue weighted by Gasteiger charge is -2.42. The highest BCUT2D eigenvalue weighted by atomic mass is 19.4. The Morgan fingerprint density at radius 3 is 2.77 bits per heavy atom. The second-order valence-electron chi connectivity index (χ2n) is 5.60. The maximum atomic E-state index is 12.9. The van der Waals surface area contributed by atoms with Gasteiger partial charge in [-0.1, -0.05) is 6.08 Å². The fourth-order valence-electron chi connectivity index (χ4n) is 2.95. The van der Waals surface area contributed by atoms with Gasteiger partial charge in [0.05, 0.1) is 31.9 Å². The van der Waals surface area contributed by atoms with Crippen LogP contribution >= 0.6 is 0 Å². The third-order valence-corrected chi connectivity index (χ3v) is 4.26. The molecule has 0 spiro atoms. The van der Waals surface area contributed by atoms with Gasteiger partial charge >= 0.3 is 6.18 Å². The molecule has 3 rings (SSSR count). The van der Waals surface area contributed by atoms with Crippen LogP contribution < -0.4 is 4.74 Å². The molecule has 2 bridgehead atoms. The van der Waals surface area contributed by atoms with Crippen molar-refractivity contribution < 1.29 is 22.6 Å². The van der Waals surface area contributed by atoms with Crippen molar-refractivity contribution in [3.63, 3.8) is 0 Å². The van der Waals surface area contributed by atoms with Crippen molar-refractivity contribution in [3.8, 4) is 5.88 Å². The molecule has 4 nitrogen and oxygen atoms in total. The number of nitrogens with zero attached hydrogens (tertiary/aromatic N) is 2. The fraction of sp³-hybridized carbons (Fsp3) is 0.533. The van der Waals surface area contributed by atoms with Gasteiger partial charge in [0, 0.05) is 17.8 Å². The van der Waals surface area contributed by atoms with Crippen molar-refractivity contribution in [2.24, 2.45) is 0 Å². The number of ether oxygens (including phenoxy) is 2. The molecule has 2 aliphatic heterocycles. The minimum absolute atomic E-state index is 0.0711. The van der Waals surface area contributed by atoms with Crippen LogP contribution in [-0.4, -0.2) is 49.3 Å². The summed E-state index contributed by atoms with van der Waals surface area (Å²) in [7, 11) is 3.42. The number of halogens is 3. The van der Waals surface area contributed by atoms with E-state index in [4.69, 9.17) is 9.47 Å². The summed E-state index contributed by atoms with van der Waals surface area (Å²) >= 11 is 0. The first-order chi connectivity index (χ1) is 10.4. The minimum Gasteiger partial charge on any atom is -0.481 e. The Labute approximate surface area is 126 Å². The van der Waals surface area contributed by atoms with Crippen molar-refractivity contribution >= 4 is 5.57 Å². The molecule has 0 N–H and O–H groups in total. The molecular formula is C15H17F3N2O2. The van der Waals surface area contributed by atoms with Crippen molar-refractivity contribution in [2.75, 3.05) is 27.4 Å². The first-order valence-corrected chi connectivity index (χ1v) is 7.02. The Balaban J connectivity index is 2.03. The van der Waals surface area contributed by atoms with Gasteiger partial charge in [-0.2, -0.15) is 13.2 Å². The van der Waals surface area contributed by atoms with E-state index in [0.29, 0.717) is 25.2 Å². The van der Waals surface area contributed by atoms with Crippen LogP contribution in [0.3, 0.4) is 0 Å². The highest BCUT2D eigenvalue weighted by molar-refractivity contribution is 5.71. The number of methoxy groups -OCH3 is 1. The van der Waals surface area contributed by atoms with Crippen LogP contribution in [-0.2, 0) is 10.9 Å². The lowest BCUT2D eigenvalue weighted by molar-refractivity contribution is -0.137. The summed E-state index contributed by atoms with van der Waals surface area (Å²) in [4.78, 5) is 6.02. The lowest BCUT2D eigenvalue weighted by atomic mass is 9.90. The summed E-state index contributed by atoms with van der Waals surface area (Å²) < 4.78 is 49.5. The first kappa shape index (κ1) is 15.3. The maximum Gasteiger partial charge on any atom is 0.417 e. The number of hydrogen-bond acceptors (Lipinski definition) is 4. The zero-order chi connectivity index (χ0) is 15.9. The van der Waals surface area contributed by atoms with Crippen molar-refractivity contribution in [3.05, 3.63) is 29.5 Å². The molecule has 2 unspecified atom stereocenters. The van der Waals surface area contributed by atoms with Crippen LogP contribution in [0, 0.1) is 0 Å². The molecule has 0 amide bonds. The van der Waals surface area contributed by atoms with Crippen molar-refractivity contribution in [1.29, 1.82) is 0 Å². The third-order valence-electron chi connectivity index (χ3n) is 4.26. The van der Waals surface area contributed by atoms with Crippen LogP contribution in [0.1, 0.15) is 17.5 Å². The SMILES string of the molecule is COc1ncc(C(F)(F)F)cc1C1=CC2COCC(C1)N2C. The number of fused-ring (bicyclic) bond motifs is 2. The Morgan fingerprint density at radius 2 is 2.14 bits per heavy atom. The van der Waals surface area contributed by atoms with Gasteiger partial charge in [0.2, 0.25) is 5.88 Å². The van der Waals surface area contributed by atoms with E-state index in [-0.39, 0.29) is 18.0 Å². The predicted octanol–water partition coefficient (Wildman–Crippen LogP) is 2.60. The van der Waals surface area contributed by atoms with Crippen LogP contribution in [0.2, 0.25) is 0 Å². The highest BCUT2D eigenvalue weighted by Crippen LogP contribution is 2.38. The summed E-state index contributed by atoms with van der Waals surface area (Å²) in [5.74, 6) is 0.225. The number of pyridine rings is 1. The Kier molecular flexibility index (Phi) is 3.86. The van der Waals surface area contributed by atoms with E-state index in [2.05, 4.69) is 9.88 Å². The molecule has 1 aromatic rings. The zero-order valence-corrected chi connectivity index (χ0v) is 12.4. The number of alkyl halides is 3. The predicted molar refractivity (Wildman–Crippen MR) is 74.5 cm³/mol. The van der Waals surface area contributed by atoms with E-state index < -0.39 is 11.7 Å². The number of hydrogen-bond donors (Lipinski definition) is 0. The molecule has 2 aliphatic rings. The van der Waals surface area contributed by atoms with Gasteiger partial charge < -0.3 is 9.47 Å². The highest BCUT2D eigenvalue weighted by Gasteiger charge is 2.35. The average molecular weight is 314 g/mol. The second kappa shape index (κ2) is 5.55. The molecule has 3 heterocycles. The molecule has 0 aromatic carbocycles. The number of morpholine rings is 1. The van der Waals surface area contributed by atoms with Gasteiger partial charge in [0.1, 0.15) is 0 Å². The largest absolute Gasteiger partial charge is 0.481 e. The van der Waals surface area contributed by atoms with Crippen LogP contribution in [0.5, 0.6) is 5.88 Å². The Hall–Kier alpha value is -1.60. The smallest absolute Gasteiger partial charge is 0.417 e. The van der Waals surface area contributed by atoms with Gasteiger partial charge in [-0.3, -0.25) is 4.90 Å². The first-order valence-electron chi connectivity index (χ1n) is 7.02. The quantitative estimate of drug-likeness (QED) is 0.840. The van der Waals surface area contributed by atoms with Crippen molar-refractivity contribution in [1.82, 2.24) is 9.88 Å². The molecule has 120 valence electrons. The molecule has 22 heavy (non-hydrogen) atoms. The van der Waals surface area contributed by atoms with Gasteiger partial charge in [-0.05, 0) is 25.1 Å². The molecule has 1 fully saturated rings. The summed E-state index contributed by atoms with van der Waals surface area (Å²) in [6.45, 7) is 1.13. The molecule has 1 saturated heterocycles. The summed E-state index contributed by atoms with van der Waals surface area (Å²) in [6, 6.07) is 1.36. The normalized spacial score (nSPS) is 25.8. The number of likely N-dealkylation sites (N-methyl/N-ethyl adjacent to an activating group) is 1. The van der Waals surface area contributed by atoms with Crippen LogP contribution in [0.4, 0.5) is 13.2 Å². The standard InChI is InChI=1S/C15H17F3N2O2/c1-20-11-3-9(4-12(20)8-22-7-11)13-5-10(15(16,17)18)6-19-14(13)21-2/h3,5-6,11-12H,4,7-8H2,1-2H3. The zero-order valence-electron chi connectivity index (χ0n) is 12.4. The molecular weight excluding hydrogens is 297 g/mol. The summed E-state index contributed by atoms with van der Waals surface area (Å²) in [5.41, 5.74) is 0.499. The van der Waals surface area contributed by atoms with E-state index in [1.807, 2.05) is 13.1 Å². The molecule has 0 saturated carbocycles. The van der Waals surface area contributed by atoms with E-state index in [1.54, 1.807) is 0 Å². The topological polar surface area (TPSA) is 34.6 Å². The van der Waals surface area contributed by atoms with Gasteiger partial charge in [0.15, 0.2) is 0 Å². The summed E-state index contributed by atoms with van der Waals surface area (Å²) in [5, 5.41) is 0. The van der Waals surface area contributed by atoms with E-state index in [1.165, 1.54) is 7.11 Å². The third kappa shape index (κ3) is 2.70. The van der Waals surface area contributed by atoms with Gasteiger partial charge in [-0.15, -0.1) is 0 Å². The monoisotopic (exact) mass is 314 g/mol. The number of rotatable bonds is 2. The van der Waals surface area contributed by atoms with E-state index in [0.717, 1.165) is 17.8 Å². The minimum atomic E-state index is -4.42. The molecule has 0 radical (unpaired) electrons. The fourth-order valence-corrected chi connectivity index (χ4v) is 2.95. The summed E-state index contributed by atoms with van der Waals surface area (Å²) in [6.07, 6.45) is -1.04. The van der Waals surface area contributed by atoms with E-state index in [9.17, 15) is 13.2 Å².